The first kappa shape index (κ1) is 22.4. The van der Waals surface area contributed by atoms with Gasteiger partial charge in [-0.2, -0.15) is 5.26 Å². The fraction of sp³-hybridized carbons (Fsp3) is 0.368. The average Bonchev–Trinajstić information content (AvgIpc) is 2.59. The first-order valence-corrected chi connectivity index (χ1v) is 11.4. The molecule has 0 saturated carbocycles. The van der Waals surface area contributed by atoms with Gasteiger partial charge in [-0.1, -0.05) is 0 Å². The maximum Gasteiger partial charge on any atom is 0.366 e. The number of nitriles is 1. The summed E-state index contributed by atoms with van der Waals surface area (Å²) >= 11 is 1.21. The fourth-order valence-electron chi connectivity index (χ4n) is 2.64. The molecule has 0 aliphatic heterocycles. The molecule has 0 saturated heterocycles. The predicted molar refractivity (Wildman–Crippen MR) is 110 cm³/mol. The summed E-state index contributed by atoms with van der Waals surface area (Å²) in [5, 5.41) is 9.89. The second-order valence-corrected chi connectivity index (χ2v) is 9.21. The smallest absolute Gasteiger partial charge is 0.366 e. The van der Waals surface area contributed by atoms with Crippen molar-refractivity contribution in [2.45, 2.75) is 44.8 Å². The van der Waals surface area contributed by atoms with E-state index in [0.717, 1.165) is 0 Å². The summed E-state index contributed by atoms with van der Waals surface area (Å²) in [4.78, 5) is 4.69. The van der Waals surface area contributed by atoms with Crippen molar-refractivity contribution in [2.75, 3.05) is 12.0 Å². The SMILES string of the molecule is CSc1c(C#N)c(-c2ccc(F)cc2)nc(N)c1P(=O)(OC(C)C)OC(C)C. The van der Waals surface area contributed by atoms with Crippen LogP contribution in [0.4, 0.5) is 10.2 Å². The predicted octanol–water partition coefficient (Wildman–Crippen LogP) is 4.73. The Bertz CT molecular complexity index is 929. The molecular weight excluding hydrogens is 400 g/mol. The minimum atomic E-state index is -3.85. The molecule has 150 valence electrons. The lowest BCUT2D eigenvalue weighted by Gasteiger charge is -2.26. The molecule has 28 heavy (non-hydrogen) atoms. The summed E-state index contributed by atoms with van der Waals surface area (Å²) in [6.45, 7) is 6.93. The van der Waals surface area contributed by atoms with Gasteiger partial charge in [0.25, 0.3) is 0 Å². The van der Waals surface area contributed by atoms with Crippen LogP contribution in [-0.4, -0.2) is 23.4 Å². The van der Waals surface area contributed by atoms with E-state index in [-0.39, 0.29) is 22.4 Å². The molecule has 2 N–H and O–H groups in total. The van der Waals surface area contributed by atoms with Gasteiger partial charge in [0.05, 0.1) is 23.5 Å². The van der Waals surface area contributed by atoms with Crippen LogP contribution in [0.3, 0.4) is 0 Å². The van der Waals surface area contributed by atoms with Crippen molar-refractivity contribution in [1.82, 2.24) is 4.98 Å². The zero-order valence-electron chi connectivity index (χ0n) is 16.4. The molecule has 2 rings (SSSR count). The maximum atomic E-state index is 13.7. The molecule has 6 nitrogen and oxygen atoms in total. The average molecular weight is 423 g/mol. The molecule has 1 aromatic carbocycles. The van der Waals surface area contributed by atoms with E-state index in [1.165, 1.54) is 36.0 Å². The van der Waals surface area contributed by atoms with E-state index in [4.69, 9.17) is 14.8 Å². The van der Waals surface area contributed by atoms with Crippen LogP contribution in [0.25, 0.3) is 11.3 Å². The summed E-state index contributed by atoms with van der Waals surface area (Å²) in [5.41, 5.74) is 7.18. The van der Waals surface area contributed by atoms with Crippen LogP contribution in [0.1, 0.15) is 33.3 Å². The van der Waals surface area contributed by atoms with E-state index in [9.17, 15) is 14.2 Å². The summed E-state index contributed by atoms with van der Waals surface area (Å²) in [6.07, 6.45) is 0.935. The molecule has 0 spiro atoms. The van der Waals surface area contributed by atoms with Crippen LogP contribution in [-0.2, 0) is 13.6 Å². The standard InChI is InChI=1S/C19H23FN3O3PS/c1-11(2)25-27(24,26-12(3)4)17-18(28-5)15(10-21)16(23-19(17)22)13-6-8-14(20)9-7-13/h6-9,11-12H,1-5H3,(H2,22,23). The highest BCUT2D eigenvalue weighted by Crippen LogP contribution is 2.53. The molecule has 0 atom stereocenters. The Balaban J connectivity index is 2.80. The van der Waals surface area contributed by atoms with E-state index in [1.807, 2.05) is 0 Å². The Kier molecular flexibility index (Phi) is 7.24. The number of aromatic nitrogens is 1. The van der Waals surface area contributed by atoms with Gasteiger partial charge in [-0.05, 0) is 58.2 Å². The molecule has 9 heteroatoms. The van der Waals surface area contributed by atoms with Crippen molar-refractivity contribution in [1.29, 1.82) is 5.26 Å². The van der Waals surface area contributed by atoms with Crippen LogP contribution in [0, 0.1) is 17.1 Å². The first-order valence-electron chi connectivity index (χ1n) is 8.63. The third-order valence-corrected chi connectivity index (χ3v) is 6.93. The van der Waals surface area contributed by atoms with E-state index < -0.39 is 25.6 Å². The Morgan fingerprint density at radius 3 is 2.14 bits per heavy atom. The van der Waals surface area contributed by atoms with E-state index >= 15 is 0 Å². The first-order chi connectivity index (χ1) is 13.1. The van der Waals surface area contributed by atoms with E-state index in [0.29, 0.717) is 10.5 Å². The summed E-state index contributed by atoms with van der Waals surface area (Å²) in [7, 11) is -3.85. The number of benzene rings is 1. The largest absolute Gasteiger partial charge is 0.383 e. The van der Waals surface area contributed by atoms with Crippen molar-refractivity contribution in [2.24, 2.45) is 0 Å². The van der Waals surface area contributed by atoms with Gasteiger partial charge >= 0.3 is 7.60 Å². The van der Waals surface area contributed by atoms with Crippen LogP contribution >= 0.6 is 19.4 Å². The number of nitrogen functional groups attached to an aromatic ring is 1. The molecule has 0 amide bonds. The number of thioether (sulfide) groups is 1. The second-order valence-electron chi connectivity index (χ2n) is 6.53. The molecule has 1 aromatic heterocycles. The lowest BCUT2D eigenvalue weighted by molar-refractivity contribution is 0.150. The van der Waals surface area contributed by atoms with Crippen molar-refractivity contribution in [3.8, 4) is 17.3 Å². The van der Waals surface area contributed by atoms with Crippen molar-refractivity contribution >= 4 is 30.5 Å². The lowest BCUT2D eigenvalue weighted by Crippen LogP contribution is -2.24. The molecule has 1 heterocycles. The Hall–Kier alpha value is -1.91. The fourth-order valence-corrected chi connectivity index (χ4v) is 5.96. The minimum Gasteiger partial charge on any atom is -0.383 e. The topological polar surface area (TPSA) is 98.2 Å². The number of hydrogen-bond acceptors (Lipinski definition) is 7. The molecule has 0 fully saturated rings. The molecule has 0 aliphatic rings. The normalized spacial score (nSPS) is 11.8. The second kappa shape index (κ2) is 9.06. The highest BCUT2D eigenvalue weighted by atomic mass is 32.2. The highest BCUT2D eigenvalue weighted by molar-refractivity contribution is 7.99. The molecule has 2 aromatic rings. The van der Waals surface area contributed by atoms with Crippen LogP contribution in [0.2, 0.25) is 0 Å². The van der Waals surface area contributed by atoms with Crippen molar-refractivity contribution in [3.63, 3.8) is 0 Å². The highest BCUT2D eigenvalue weighted by Gasteiger charge is 2.38. The van der Waals surface area contributed by atoms with Crippen LogP contribution < -0.4 is 11.0 Å². The van der Waals surface area contributed by atoms with Gasteiger partial charge in [-0.3, -0.25) is 4.57 Å². The zero-order chi connectivity index (χ0) is 21.1. The van der Waals surface area contributed by atoms with Gasteiger partial charge < -0.3 is 14.8 Å². The number of nitrogens with two attached hydrogens (primary N) is 1. The van der Waals surface area contributed by atoms with E-state index in [1.54, 1.807) is 34.0 Å². The quantitative estimate of drug-likeness (QED) is 0.508. The lowest BCUT2D eigenvalue weighted by atomic mass is 10.1. The van der Waals surface area contributed by atoms with Gasteiger partial charge in [0.2, 0.25) is 0 Å². The minimum absolute atomic E-state index is 0.0488. The van der Waals surface area contributed by atoms with Crippen molar-refractivity contribution in [3.05, 3.63) is 35.6 Å². The van der Waals surface area contributed by atoms with E-state index in [2.05, 4.69) is 11.1 Å². The van der Waals surface area contributed by atoms with Crippen molar-refractivity contribution < 1.29 is 18.0 Å². The Morgan fingerprint density at radius 2 is 1.71 bits per heavy atom. The molecule has 0 radical (unpaired) electrons. The summed E-state index contributed by atoms with van der Waals surface area (Å²) in [6, 6.07) is 7.68. The number of pyridine rings is 1. The Morgan fingerprint density at radius 1 is 1.18 bits per heavy atom. The van der Waals surface area contributed by atoms with Gasteiger partial charge in [0.15, 0.2) is 0 Å². The number of nitrogens with zero attached hydrogens (tertiary/aromatic N) is 2. The molecule has 0 bridgehead atoms. The summed E-state index contributed by atoms with van der Waals surface area (Å²) < 4.78 is 38.3. The van der Waals surface area contributed by atoms with Gasteiger partial charge in [-0.25, -0.2) is 9.37 Å². The Labute approximate surface area is 168 Å². The number of hydrogen-bond donors (Lipinski definition) is 1. The third-order valence-electron chi connectivity index (χ3n) is 3.56. The molecule has 0 aliphatic carbocycles. The molecular formula is C19H23FN3O3PS. The van der Waals surface area contributed by atoms with Crippen LogP contribution in [0.15, 0.2) is 29.2 Å². The third kappa shape index (κ3) is 4.73. The number of anilines is 1. The van der Waals surface area contributed by atoms with Gasteiger partial charge in [-0.15, -0.1) is 11.8 Å². The molecule has 0 unspecified atom stereocenters. The van der Waals surface area contributed by atoms with Gasteiger partial charge in [0, 0.05) is 10.5 Å². The monoisotopic (exact) mass is 423 g/mol. The number of rotatable bonds is 7. The maximum absolute atomic E-state index is 13.7. The zero-order valence-corrected chi connectivity index (χ0v) is 18.1. The van der Waals surface area contributed by atoms with Gasteiger partial charge in [0.1, 0.15) is 23.0 Å². The van der Waals surface area contributed by atoms with Crippen LogP contribution in [0.5, 0.6) is 0 Å². The number of halogens is 1. The summed E-state index contributed by atoms with van der Waals surface area (Å²) in [5.74, 6) is -0.454.